The summed E-state index contributed by atoms with van der Waals surface area (Å²) in [6.45, 7) is 0.172. The van der Waals surface area contributed by atoms with E-state index in [1.807, 2.05) is 0 Å². The molecule has 116 valence electrons. The second kappa shape index (κ2) is 6.18. The molecule has 0 unspecified atom stereocenters. The van der Waals surface area contributed by atoms with Gasteiger partial charge in [-0.1, -0.05) is 18.2 Å². The molecular formula is C16H14N4O3. The number of nitrogen functional groups attached to an aromatic ring is 1. The number of phenolic OH excluding ortho intramolecular Hbond substituents is 1. The zero-order valence-electron chi connectivity index (χ0n) is 12.1. The van der Waals surface area contributed by atoms with Gasteiger partial charge < -0.3 is 20.6 Å². The minimum atomic E-state index is -0.420. The molecule has 1 amide bonds. The molecule has 23 heavy (non-hydrogen) atoms. The molecule has 3 rings (SSSR count). The highest BCUT2D eigenvalue weighted by molar-refractivity contribution is 5.98. The summed E-state index contributed by atoms with van der Waals surface area (Å²) in [5.41, 5.74) is 6.59. The summed E-state index contributed by atoms with van der Waals surface area (Å²) in [4.78, 5) is 20.3. The first-order valence-corrected chi connectivity index (χ1v) is 6.86. The Hall–Kier alpha value is -3.35. The summed E-state index contributed by atoms with van der Waals surface area (Å²) >= 11 is 0. The summed E-state index contributed by atoms with van der Waals surface area (Å²) < 4.78 is 5.18. The van der Waals surface area contributed by atoms with Crippen LogP contribution in [0, 0.1) is 0 Å². The SMILES string of the molecule is Nc1nc(-c2ccco2)ncc1C(=O)NCc1ccccc1O. The Morgan fingerprint density at radius 3 is 2.78 bits per heavy atom. The lowest BCUT2D eigenvalue weighted by molar-refractivity contribution is 0.0951. The van der Waals surface area contributed by atoms with Crippen molar-refractivity contribution in [3.63, 3.8) is 0 Å². The van der Waals surface area contributed by atoms with E-state index in [9.17, 15) is 9.90 Å². The third-order valence-electron chi connectivity index (χ3n) is 3.24. The predicted octanol–water partition coefficient (Wildman–Crippen LogP) is 1.95. The smallest absolute Gasteiger partial charge is 0.256 e. The Kier molecular flexibility index (Phi) is 3.92. The van der Waals surface area contributed by atoms with E-state index in [2.05, 4.69) is 15.3 Å². The molecule has 0 saturated carbocycles. The van der Waals surface area contributed by atoms with Crippen molar-refractivity contribution >= 4 is 11.7 Å². The number of anilines is 1. The van der Waals surface area contributed by atoms with Gasteiger partial charge in [0.25, 0.3) is 5.91 Å². The molecular weight excluding hydrogens is 296 g/mol. The van der Waals surface area contributed by atoms with E-state index in [0.717, 1.165) is 0 Å². The summed E-state index contributed by atoms with van der Waals surface area (Å²) in [5, 5.41) is 12.3. The van der Waals surface area contributed by atoms with Gasteiger partial charge in [-0.25, -0.2) is 9.97 Å². The largest absolute Gasteiger partial charge is 0.508 e. The molecule has 7 heteroatoms. The third-order valence-corrected chi connectivity index (χ3v) is 3.24. The first-order valence-electron chi connectivity index (χ1n) is 6.86. The minimum absolute atomic E-state index is 0.0567. The van der Waals surface area contributed by atoms with Crippen molar-refractivity contribution in [2.45, 2.75) is 6.54 Å². The zero-order chi connectivity index (χ0) is 16.2. The number of carbonyl (C=O) groups excluding carboxylic acids is 1. The van der Waals surface area contributed by atoms with E-state index in [0.29, 0.717) is 17.1 Å². The Morgan fingerprint density at radius 1 is 1.26 bits per heavy atom. The molecule has 0 atom stereocenters. The molecule has 0 spiro atoms. The lowest BCUT2D eigenvalue weighted by Crippen LogP contribution is -2.24. The van der Waals surface area contributed by atoms with Crippen molar-refractivity contribution in [1.82, 2.24) is 15.3 Å². The molecule has 0 aliphatic heterocycles. The molecule has 3 aromatic rings. The highest BCUT2D eigenvalue weighted by Crippen LogP contribution is 2.18. The lowest BCUT2D eigenvalue weighted by atomic mass is 10.2. The van der Waals surface area contributed by atoms with Crippen molar-refractivity contribution in [2.75, 3.05) is 5.73 Å². The molecule has 2 heterocycles. The number of aromatic nitrogens is 2. The zero-order valence-corrected chi connectivity index (χ0v) is 12.1. The van der Waals surface area contributed by atoms with Crippen molar-refractivity contribution < 1.29 is 14.3 Å². The fourth-order valence-electron chi connectivity index (χ4n) is 2.03. The average Bonchev–Trinajstić information content (AvgIpc) is 3.08. The monoisotopic (exact) mass is 310 g/mol. The van der Waals surface area contributed by atoms with Crippen LogP contribution in [0.3, 0.4) is 0 Å². The first-order chi connectivity index (χ1) is 11.1. The topological polar surface area (TPSA) is 114 Å². The van der Waals surface area contributed by atoms with Gasteiger partial charge in [0.2, 0.25) is 0 Å². The van der Waals surface area contributed by atoms with Crippen LogP contribution in [0.5, 0.6) is 5.75 Å². The maximum absolute atomic E-state index is 12.2. The fraction of sp³-hybridized carbons (Fsp3) is 0.0625. The van der Waals surface area contributed by atoms with Crippen LogP contribution in [0.2, 0.25) is 0 Å². The lowest BCUT2D eigenvalue weighted by Gasteiger charge is -2.08. The number of rotatable bonds is 4. The van der Waals surface area contributed by atoms with E-state index in [1.165, 1.54) is 12.5 Å². The van der Waals surface area contributed by atoms with E-state index in [4.69, 9.17) is 10.2 Å². The Bertz CT molecular complexity index is 831. The molecule has 0 fully saturated rings. The Labute approximate surface area is 131 Å². The van der Waals surface area contributed by atoms with Crippen molar-refractivity contribution in [3.05, 3.63) is 60.0 Å². The molecule has 0 radical (unpaired) electrons. The average molecular weight is 310 g/mol. The second-order valence-electron chi connectivity index (χ2n) is 4.78. The summed E-state index contributed by atoms with van der Waals surface area (Å²) in [6.07, 6.45) is 2.85. The second-order valence-corrected chi connectivity index (χ2v) is 4.78. The standard InChI is InChI=1S/C16H14N4O3/c17-14-11(9-18-15(20-14)13-6-3-7-23-13)16(22)19-8-10-4-1-2-5-12(10)21/h1-7,9,21H,8H2,(H,19,22)(H2,17,18,20). The fourth-order valence-corrected chi connectivity index (χ4v) is 2.03. The van der Waals surface area contributed by atoms with Crippen LogP contribution in [-0.2, 0) is 6.54 Å². The quantitative estimate of drug-likeness (QED) is 0.678. The molecule has 0 aliphatic rings. The van der Waals surface area contributed by atoms with Crippen LogP contribution >= 0.6 is 0 Å². The van der Waals surface area contributed by atoms with E-state index in [1.54, 1.807) is 36.4 Å². The van der Waals surface area contributed by atoms with Gasteiger partial charge in [-0.3, -0.25) is 4.79 Å². The molecule has 0 saturated heterocycles. The number of aromatic hydroxyl groups is 1. The third kappa shape index (κ3) is 3.13. The normalized spacial score (nSPS) is 10.4. The number of para-hydroxylation sites is 1. The molecule has 0 aliphatic carbocycles. The number of nitrogens with two attached hydrogens (primary N) is 1. The van der Waals surface area contributed by atoms with Gasteiger partial charge in [-0.2, -0.15) is 0 Å². The van der Waals surface area contributed by atoms with Crippen molar-refractivity contribution in [3.8, 4) is 17.3 Å². The molecule has 1 aromatic carbocycles. The number of amides is 1. The van der Waals surface area contributed by atoms with Gasteiger partial charge >= 0.3 is 0 Å². The summed E-state index contributed by atoms with van der Waals surface area (Å²) in [7, 11) is 0. The van der Waals surface area contributed by atoms with Gasteiger partial charge in [0.1, 0.15) is 11.6 Å². The van der Waals surface area contributed by atoms with Crippen LogP contribution in [-0.4, -0.2) is 21.0 Å². The summed E-state index contributed by atoms with van der Waals surface area (Å²) in [6, 6.07) is 10.2. The predicted molar refractivity (Wildman–Crippen MR) is 83.4 cm³/mol. The highest BCUT2D eigenvalue weighted by Gasteiger charge is 2.14. The number of phenols is 1. The highest BCUT2D eigenvalue weighted by atomic mass is 16.3. The van der Waals surface area contributed by atoms with E-state index in [-0.39, 0.29) is 23.7 Å². The van der Waals surface area contributed by atoms with Crippen molar-refractivity contribution in [1.29, 1.82) is 0 Å². The molecule has 0 bridgehead atoms. The van der Waals surface area contributed by atoms with Gasteiger partial charge in [-0.05, 0) is 18.2 Å². The minimum Gasteiger partial charge on any atom is -0.508 e. The van der Waals surface area contributed by atoms with Gasteiger partial charge in [0, 0.05) is 18.3 Å². The number of nitrogens with zero attached hydrogens (tertiary/aromatic N) is 2. The number of hydrogen-bond acceptors (Lipinski definition) is 6. The van der Waals surface area contributed by atoms with Gasteiger partial charge in [0.15, 0.2) is 11.6 Å². The molecule has 4 N–H and O–H groups in total. The summed E-state index contributed by atoms with van der Waals surface area (Å²) in [5.74, 6) is 0.533. The van der Waals surface area contributed by atoms with Gasteiger partial charge in [0.05, 0.1) is 11.8 Å². The number of hydrogen-bond donors (Lipinski definition) is 3. The molecule has 2 aromatic heterocycles. The number of furan rings is 1. The number of nitrogens with one attached hydrogen (secondary N) is 1. The number of carbonyl (C=O) groups is 1. The maximum Gasteiger partial charge on any atom is 0.256 e. The van der Waals surface area contributed by atoms with Crippen LogP contribution in [0.25, 0.3) is 11.6 Å². The molecule has 7 nitrogen and oxygen atoms in total. The number of benzene rings is 1. The van der Waals surface area contributed by atoms with Crippen LogP contribution < -0.4 is 11.1 Å². The van der Waals surface area contributed by atoms with Crippen LogP contribution in [0.4, 0.5) is 5.82 Å². The van der Waals surface area contributed by atoms with Crippen LogP contribution in [0.15, 0.2) is 53.3 Å². The first kappa shape index (κ1) is 14.6. The Balaban J connectivity index is 1.74. The van der Waals surface area contributed by atoms with E-state index < -0.39 is 5.91 Å². The maximum atomic E-state index is 12.2. The Morgan fingerprint density at radius 2 is 2.09 bits per heavy atom. The van der Waals surface area contributed by atoms with Crippen molar-refractivity contribution in [2.24, 2.45) is 0 Å². The van der Waals surface area contributed by atoms with Crippen LogP contribution in [0.1, 0.15) is 15.9 Å². The van der Waals surface area contributed by atoms with Gasteiger partial charge in [-0.15, -0.1) is 0 Å². The van der Waals surface area contributed by atoms with E-state index >= 15 is 0 Å².